The summed E-state index contributed by atoms with van der Waals surface area (Å²) in [5.41, 5.74) is 0. The van der Waals surface area contributed by atoms with E-state index in [-0.39, 0.29) is 0 Å². The van der Waals surface area contributed by atoms with Gasteiger partial charge in [-0.05, 0) is 0 Å². The second-order valence-corrected chi connectivity index (χ2v) is 2.69. The molecule has 0 aromatic carbocycles. The second kappa shape index (κ2) is 3.63. The highest BCUT2D eigenvalue weighted by atomic mass is 19.1. The molecule has 6 heteroatoms. The molecule has 5 nitrogen and oxygen atoms in total. The van der Waals surface area contributed by atoms with E-state index in [1.807, 2.05) is 0 Å². The molecule has 2 unspecified atom stereocenters. The number of alkyl halides is 1. The van der Waals surface area contributed by atoms with Crippen LogP contribution in [0.25, 0.3) is 0 Å². The summed E-state index contributed by atoms with van der Waals surface area (Å²) in [6.07, 6.45) is -7.60. The number of halogens is 1. The largest absolute Gasteiger partial charge is 0.387 e. The molecule has 0 aromatic heterocycles. The molecule has 1 aliphatic heterocycles. The van der Waals surface area contributed by atoms with Crippen LogP contribution in [0.15, 0.2) is 0 Å². The SMILES string of the molecule is OC1[C@H](O)OC(CF)[C@@H](O)[C@@H]1O. The fourth-order valence-electron chi connectivity index (χ4n) is 1.06. The van der Waals surface area contributed by atoms with E-state index in [1.54, 1.807) is 0 Å². The minimum Gasteiger partial charge on any atom is -0.387 e. The van der Waals surface area contributed by atoms with Crippen molar-refractivity contribution >= 4 is 0 Å². The van der Waals surface area contributed by atoms with Gasteiger partial charge >= 0.3 is 0 Å². The summed E-state index contributed by atoms with van der Waals surface area (Å²) in [5, 5.41) is 35.8. The Labute approximate surface area is 68.0 Å². The Morgan fingerprint density at radius 3 is 2.08 bits per heavy atom. The zero-order chi connectivity index (χ0) is 9.30. The Morgan fingerprint density at radius 1 is 1.00 bits per heavy atom. The van der Waals surface area contributed by atoms with Crippen molar-refractivity contribution in [1.29, 1.82) is 0 Å². The van der Waals surface area contributed by atoms with Gasteiger partial charge in [0.15, 0.2) is 6.29 Å². The topological polar surface area (TPSA) is 90.2 Å². The van der Waals surface area contributed by atoms with Gasteiger partial charge in [-0.3, -0.25) is 0 Å². The van der Waals surface area contributed by atoms with Crippen molar-refractivity contribution in [3.05, 3.63) is 0 Å². The maximum atomic E-state index is 12.0. The van der Waals surface area contributed by atoms with Gasteiger partial charge in [0.25, 0.3) is 0 Å². The van der Waals surface area contributed by atoms with Crippen LogP contribution < -0.4 is 0 Å². The third-order valence-electron chi connectivity index (χ3n) is 1.84. The van der Waals surface area contributed by atoms with E-state index >= 15 is 0 Å². The molecule has 72 valence electrons. The second-order valence-electron chi connectivity index (χ2n) is 2.69. The average Bonchev–Trinajstić information content (AvgIpc) is 2.08. The van der Waals surface area contributed by atoms with Crippen LogP contribution in [0.1, 0.15) is 0 Å². The predicted octanol–water partition coefficient (Wildman–Crippen LogP) is -2.24. The van der Waals surface area contributed by atoms with Gasteiger partial charge < -0.3 is 25.2 Å². The number of aliphatic hydroxyl groups is 4. The molecular weight excluding hydrogens is 171 g/mol. The first-order valence-corrected chi connectivity index (χ1v) is 3.51. The molecule has 0 radical (unpaired) electrons. The maximum Gasteiger partial charge on any atom is 0.184 e. The van der Waals surface area contributed by atoms with Gasteiger partial charge in [0, 0.05) is 0 Å². The molecule has 1 fully saturated rings. The quantitative estimate of drug-likeness (QED) is 0.368. The molecule has 0 saturated carbocycles. The van der Waals surface area contributed by atoms with E-state index in [0.717, 1.165) is 0 Å². The molecule has 0 spiro atoms. The third kappa shape index (κ3) is 1.57. The Hall–Kier alpha value is -0.270. The van der Waals surface area contributed by atoms with Gasteiger partial charge in [-0.25, -0.2) is 4.39 Å². The number of ether oxygens (including phenoxy) is 1. The lowest BCUT2D eigenvalue weighted by atomic mass is 10.00. The standard InChI is InChI=1S/C6H11FO5/c7-1-2-3(8)4(9)5(10)6(11)12-2/h2-6,8-11H,1H2/t2?,3-,4+,5?,6-/m1/s1. The van der Waals surface area contributed by atoms with Crippen LogP contribution in [-0.2, 0) is 4.74 Å². The molecule has 0 amide bonds. The minimum atomic E-state index is -1.65. The molecule has 1 saturated heterocycles. The maximum absolute atomic E-state index is 12.0. The summed E-state index contributed by atoms with van der Waals surface area (Å²) in [5.74, 6) is 0. The number of hydrogen-bond acceptors (Lipinski definition) is 5. The highest BCUT2D eigenvalue weighted by Crippen LogP contribution is 2.19. The third-order valence-corrected chi connectivity index (χ3v) is 1.84. The molecule has 1 rings (SSSR count). The van der Waals surface area contributed by atoms with Gasteiger partial charge in [-0.1, -0.05) is 0 Å². The molecular formula is C6H11FO5. The lowest BCUT2D eigenvalue weighted by molar-refractivity contribution is -0.283. The predicted molar refractivity (Wildman–Crippen MR) is 34.9 cm³/mol. The summed E-state index contributed by atoms with van der Waals surface area (Å²) in [7, 11) is 0. The Balaban J connectivity index is 2.63. The molecule has 0 aliphatic carbocycles. The van der Waals surface area contributed by atoms with Crippen molar-refractivity contribution in [3.63, 3.8) is 0 Å². The Bertz CT molecular complexity index is 150. The van der Waals surface area contributed by atoms with E-state index in [4.69, 9.17) is 20.4 Å². The molecule has 1 aliphatic rings. The molecule has 5 atom stereocenters. The van der Waals surface area contributed by atoms with Gasteiger partial charge in [0.2, 0.25) is 0 Å². The first kappa shape index (κ1) is 9.82. The minimum absolute atomic E-state index is 1.03. The van der Waals surface area contributed by atoms with E-state index in [2.05, 4.69) is 4.74 Å². The number of hydrogen-bond donors (Lipinski definition) is 4. The molecule has 4 N–H and O–H groups in total. The van der Waals surface area contributed by atoms with Crippen LogP contribution in [0.5, 0.6) is 0 Å². The van der Waals surface area contributed by atoms with Crippen LogP contribution >= 0.6 is 0 Å². The summed E-state index contributed by atoms with van der Waals surface area (Å²) in [6.45, 7) is -1.03. The van der Waals surface area contributed by atoms with Crippen molar-refractivity contribution in [2.75, 3.05) is 6.67 Å². The zero-order valence-electron chi connectivity index (χ0n) is 6.17. The molecule has 12 heavy (non-hydrogen) atoms. The fourth-order valence-corrected chi connectivity index (χ4v) is 1.06. The van der Waals surface area contributed by atoms with Crippen molar-refractivity contribution in [2.45, 2.75) is 30.7 Å². The van der Waals surface area contributed by atoms with Crippen LogP contribution in [0.2, 0.25) is 0 Å². The van der Waals surface area contributed by atoms with E-state index in [9.17, 15) is 4.39 Å². The Kier molecular flexibility index (Phi) is 2.97. The molecule has 1 heterocycles. The zero-order valence-corrected chi connectivity index (χ0v) is 6.17. The van der Waals surface area contributed by atoms with Crippen molar-refractivity contribution < 1.29 is 29.6 Å². The lowest BCUT2D eigenvalue weighted by Gasteiger charge is -2.37. The van der Waals surface area contributed by atoms with Crippen molar-refractivity contribution in [2.24, 2.45) is 0 Å². The van der Waals surface area contributed by atoms with Gasteiger partial charge in [-0.15, -0.1) is 0 Å². The highest BCUT2D eigenvalue weighted by Gasteiger charge is 2.42. The number of aliphatic hydroxyl groups excluding tert-OH is 4. The van der Waals surface area contributed by atoms with Crippen molar-refractivity contribution in [3.8, 4) is 0 Å². The van der Waals surface area contributed by atoms with Crippen molar-refractivity contribution in [1.82, 2.24) is 0 Å². The van der Waals surface area contributed by atoms with Crippen LogP contribution in [-0.4, -0.2) is 57.8 Å². The van der Waals surface area contributed by atoms with E-state index < -0.39 is 37.4 Å². The first-order chi connectivity index (χ1) is 5.57. The van der Waals surface area contributed by atoms with Gasteiger partial charge in [-0.2, -0.15) is 0 Å². The summed E-state index contributed by atoms with van der Waals surface area (Å²) < 4.78 is 16.5. The van der Waals surface area contributed by atoms with E-state index in [0.29, 0.717) is 0 Å². The average molecular weight is 182 g/mol. The van der Waals surface area contributed by atoms with Gasteiger partial charge in [0.05, 0.1) is 0 Å². The van der Waals surface area contributed by atoms with Crippen LogP contribution in [0, 0.1) is 0 Å². The summed E-state index contributed by atoms with van der Waals surface area (Å²) >= 11 is 0. The van der Waals surface area contributed by atoms with Crippen LogP contribution in [0.3, 0.4) is 0 Å². The Morgan fingerprint density at radius 2 is 1.58 bits per heavy atom. The van der Waals surface area contributed by atoms with Gasteiger partial charge in [0.1, 0.15) is 31.1 Å². The monoisotopic (exact) mass is 182 g/mol. The first-order valence-electron chi connectivity index (χ1n) is 3.51. The lowest BCUT2D eigenvalue weighted by Crippen LogP contribution is -2.58. The summed E-state index contributed by atoms with van der Waals surface area (Å²) in [6, 6.07) is 0. The highest BCUT2D eigenvalue weighted by molar-refractivity contribution is 4.88. The molecule has 0 bridgehead atoms. The number of rotatable bonds is 1. The van der Waals surface area contributed by atoms with E-state index in [1.165, 1.54) is 0 Å². The normalized spacial score (nSPS) is 49.2. The smallest absolute Gasteiger partial charge is 0.184 e. The molecule has 0 aromatic rings. The fraction of sp³-hybridized carbons (Fsp3) is 1.00. The summed E-state index contributed by atoms with van der Waals surface area (Å²) in [4.78, 5) is 0. The van der Waals surface area contributed by atoms with Crippen LogP contribution in [0.4, 0.5) is 4.39 Å².